The highest BCUT2D eigenvalue weighted by atomic mass is 32.2. The van der Waals surface area contributed by atoms with E-state index in [4.69, 9.17) is 18.9 Å². The number of furan rings is 1. The Kier molecular flexibility index (Phi) is 8.14. The highest BCUT2D eigenvalue weighted by molar-refractivity contribution is 8.00. The summed E-state index contributed by atoms with van der Waals surface area (Å²) >= 11 is 2.69. The Bertz CT molecular complexity index is 1350. The van der Waals surface area contributed by atoms with Gasteiger partial charge < -0.3 is 19.2 Å². The molecule has 1 aromatic carbocycles. The summed E-state index contributed by atoms with van der Waals surface area (Å²) in [5.74, 6) is 1.85. The second-order valence-electron chi connectivity index (χ2n) is 7.74. The maximum absolute atomic E-state index is 13.3. The van der Waals surface area contributed by atoms with Gasteiger partial charge in [-0.3, -0.25) is 14.2 Å². The largest absolute Gasteiger partial charge is 0.493 e. The van der Waals surface area contributed by atoms with Gasteiger partial charge in [-0.25, -0.2) is 4.98 Å². The molecule has 184 valence electrons. The van der Waals surface area contributed by atoms with Crippen LogP contribution in [0.15, 0.2) is 62.4 Å². The molecule has 0 saturated carbocycles. The number of benzene rings is 1. The first kappa shape index (κ1) is 24.9. The number of carbonyl (C=O) groups excluding carboxylic acids is 1. The van der Waals surface area contributed by atoms with Gasteiger partial charge in [0, 0.05) is 6.54 Å². The van der Waals surface area contributed by atoms with Crippen LogP contribution in [0.25, 0.3) is 10.2 Å². The number of hydrogen-bond acceptors (Lipinski definition) is 8. The van der Waals surface area contributed by atoms with Crippen LogP contribution >= 0.6 is 23.1 Å². The van der Waals surface area contributed by atoms with E-state index in [0.717, 1.165) is 5.56 Å². The molecule has 0 aliphatic rings. The van der Waals surface area contributed by atoms with Crippen molar-refractivity contribution in [3.05, 3.63) is 69.7 Å². The summed E-state index contributed by atoms with van der Waals surface area (Å²) in [5, 5.41) is 4.90. The van der Waals surface area contributed by atoms with Gasteiger partial charge in [-0.15, -0.1) is 11.3 Å². The van der Waals surface area contributed by atoms with Crippen molar-refractivity contribution < 1.29 is 18.7 Å². The van der Waals surface area contributed by atoms with Crippen LogP contribution in [0.2, 0.25) is 0 Å². The second-order valence-corrected chi connectivity index (χ2v) is 9.82. The van der Waals surface area contributed by atoms with E-state index in [2.05, 4.69) is 5.32 Å². The molecule has 0 saturated heterocycles. The molecule has 0 aliphatic heterocycles. The fourth-order valence-electron chi connectivity index (χ4n) is 3.64. The number of thiophene rings is 1. The standard InChI is InChI=1S/C25H27N3O5S2/c1-4-21(23(29)26-15-17-6-5-12-33-17)35-25-27-18-10-13-34-22(18)24(30)28(25)11-9-16-7-8-19(31-2)20(14-16)32-3/h5-8,10,12-14,21H,4,9,11,15H2,1-3H3,(H,26,29)/t21-/m0/s1. The summed E-state index contributed by atoms with van der Waals surface area (Å²) in [6, 6.07) is 11.1. The molecule has 4 rings (SSSR count). The van der Waals surface area contributed by atoms with Crippen molar-refractivity contribution >= 4 is 39.2 Å². The van der Waals surface area contributed by atoms with Crippen LogP contribution in [-0.2, 0) is 24.3 Å². The monoisotopic (exact) mass is 513 g/mol. The molecule has 0 fully saturated rings. The van der Waals surface area contributed by atoms with Crippen molar-refractivity contribution in [1.82, 2.24) is 14.9 Å². The number of carbonyl (C=O) groups is 1. The average Bonchev–Trinajstić information content (AvgIpc) is 3.57. The van der Waals surface area contributed by atoms with Crippen LogP contribution in [0.1, 0.15) is 24.7 Å². The molecule has 8 nitrogen and oxygen atoms in total. The number of nitrogens with zero attached hydrogens (tertiary/aromatic N) is 2. The van der Waals surface area contributed by atoms with E-state index in [-0.39, 0.29) is 11.5 Å². The molecule has 3 aromatic heterocycles. The van der Waals surface area contributed by atoms with Gasteiger partial charge in [0.25, 0.3) is 5.56 Å². The molecule has 0 spiro atoms. The van der Waals surface area contributed by atoms with Gasteiger partial charge in [-0.1, -0.05) is 24.8 Å². The van der Waals surface area contributed by atoms with E-state index in [1.54, 1.807) is 31.1 Å². The quantitative estimate of drug-likeness (QED) is 0.233. The number of rotatable bonds is 11. The van der Waals surface area contributed by atoms with Gasteiger partial charge in [-0.2, -0.15) is 0 Å². The van der Waals surface area contributed by atoms with Crippen molar-refractivity contribution in [2.45, 2.75) is 43.3 Å². The summed E-state index contributed by atoms with van der Waals surface area (Å²) in [7, 11) is 3.19. The molecular weight excluding hydrogens is 486 g/mol. The normalized spacial score (nSPS) is 12.0. The lowest BCUT2D eigenvalue weighted by Crippen LogP contribution is -2.33. The van der Waals surface area contributed by atoms with Crippen LogP contribution in [0.4, 0.5) is 0 Å². The number of methoxy groups -OCH3 is 2. The zero-order valence-corrected chi connectivity index (χ0v) is 21.4. The SMILES string of the molecule is CC[C@H](Sc1nc2ccsc2c(=O)n1CCc1ccc(OC)c(OC)c1)C(=O)NCc1ccco1. The first-order valence-electron chi connectivity index (χ1n) is 11.2. The second kappa shape index (κ2) is 11.5. The number of nitrogens with one attached hydrogen (secondary N) is 1. The van der Waals surface area contributed by atoms with E-state index in [0.29, 0.717) is 58.6 Å². The Labute approximate surface area is 211 Å². The fourth-order valence-corrected chi connectivity index (χ4v) is 5.48. The van der Waals surface area contributed by atoms with E-state index < -0.39 is 5.25 Å². The Morgan fingerprint density at radius 2 is 2.06 bits per heavy atom. The lowest BCUT2D eigenvalue weighted by atomic mass is 10.1. The summed E-state index contributed by atoms with van der Waals surface area (Å²) < 4.78 is 18.3. The van der Waals surface area contributed by atoms with Crippen molar-refractivity contribution in [1.29, 1.82) is 0 Å². The predicted octanol–water partition coefficient (Wildman–Crippen LogP) is 4.50. The van der Waals surface area contributed by atoms with Crippen molar-refractivity contribution in [2.75, 3.05) is 14.2 Å². The minimum absolute atomic E-state index is 0.0983. The average molecular weight is 514 g/mol. The number of thioether (sulfide) groups is 1. The number of amides is 1. The molecule has 1 amide bonds. The Hall–Kier alpha value is -3.24. The van der Waals surface area contributed by atoms with Gasteiger partial charge in [0.2, 0.25) is 5.91 Å². The molecule has 1 N–H and O–H groups in total. The van der Waals surface area contributed by atoms with Gasteiger partial charge in [0.1, 0.15) is 10.5 Å². The van der Waals surface area contributed by atoms with Crippen molar-refractivity contribution in [3.63, 3.8) is 0 Å². The molecule has 3 heterocycles. The summed E-state index contributed by atoms with van der Waals surface area (Å²) in [6.07, 6.45) is 2.75. The molecule has 4 aromatic rings. The maximum Gasteiger partial charge on any atom is 0.272 e. The molecule has 0 bridgehead atoms. The molecule has 1 atom stereocenters. The first-order chi connectivity index (χ1) is 17.0. The third-order valence-corrected chi connectivity index (χ3v) is 7.78. The van der Waals surface area contributed by atoms with E-state index >= 15 is 0 Å². The molecular formula is C25H27N3O5S2. The van der Waals surface area contributed by atoms with Crippen LogP contribution in [0.5, 0.6) is 11.5 Å². The number of ether oxygens (including phenoxy) is 2. The van der Waals surface area contributed by atoms with Gasteiger partial charge >= 0.3 is 0 Å². The van der Waals surface area contributed by atoms with E-state index in [1.807, 2.05) is 42.6 Å². The Balaban J connectivity index is 1.57. The minimum atomic E-state index is -0.403. The van der Waals surface area contributed by atoms with Crippen LogP contribution in [0, 0.1) is 0 Å². The predicted molar refractivity (Wildman–Crippen MR) is 138 cm³/mol. The van der Waals surface area contributed by atoms with Crippen LogP contribution in [-0.4, -0.2) is 34.9 Å². The number of aryl methyl sites for hydroxylation is 1. The molecule has 10 heteroatoms. The smallest absolute Gasteiger partial charge is 0.272 e. The van der Waals surface area contributed by atoms with Gasteiger partial charge in [0.05, 0.1) is 37.8 Å². The lowest BCUT2D eigenvalue weighted by Gasteiger charge is -2.17. The lowest BCUT2D eigenvalue weighted by molar-refractivity contribution is -0.120. The summed E-state index contributed by atoms with van der Waals surface area (Å²) in [4.78, 5) is 31.0. The molecule has 35 heavy (non-hydrogen) atoms. The third-order valence-electron chi connectivity index (χ3n) is 5.53. The van der Waals surface area contributed by atoms with E-state index in [1.165, 1.54) is 23.1 Å². The zero-order valence-electron chi connectivity index (χ0n) is 19.8. The molecule has 0 radical (unpaired) electrons. The zero-order chi connectivity index (χ0) is 24.8. The maximum atomic E-state index is 13.3. The fraction of sp³-hybridized carbons (Fsp3) is 0.320. The van der Waals surface area contributed by atoms with Crippen molar-refractivity contribution in [3.8, 4) is 11.5 Å². The molecule has 0 unspecified atom stereocenters. The first-order valence-corrected chi connectivity index (χ1v) is 13.0. The van der Waals surface area contributed by atoms with Gasteiger partial charge in [0.15, 0.2) is 16.7 Å². The number of aromatic nitrogens is 2. The van der Waals surface area contributed by atoms with E-state index in [9.17, 15) is 9.59 Å². The molecule has 0 aliphatic carbocycles. The van der Waals surface area contributed by atoms with Crippen LogP contribution < -0.4 is 20.3 Å². The highest BCUT2D eigenvalue weighted by Gasteiger charge is 2.22. The summed E-state index contributed by atoms with van der Waals surface area (Å²) in [6.45, 7) is 2.67. The van der Waals surface area contributed by atoms with Gasteiger partial charge in [-0.05, 0) is 54.1 Å². The topological polar surface area (TPSA) is 95.6 Å². The summed E-state index contributed by atoms with van der Waals surface area (Å²) in [5.41, 5.74) is 1.55. The van der Waals surface area contributed by atoms with Crippen molar-refractivity contribution in [2.24, 2.45) is 0 Å². The minimum Gasteiger partial charge on any atom is -0.493 e. The Morgan fingerprint density at radius 1 is 1.23 bits per heavy atom. The highest BCUT2D eigenvalue weighted by Crippen LogP contribution is 2.29. The number of fused-ring (bicyclic) bond motifs is 1. The third kappa shape index (κ3) is 5.71. The number of hydrogen-bond donors (Lipinski definition) is 1. The Morgan fingerprint density at radius 3 is 2.77 bits per heavy atom. The van der Waals surface area contributed by atoms with Crippen LogP contribution in [0.3, 0.4) is 0 Å².